The average molecular weight is 213 g/mol. The van der Waals surface area contributed by atoms with E-state index in [0.29, 0.717) is 5.56 Å². The van der Waals surface area contributed by atoms with Crippen LogP contribution in [0.5, 0.6) is 0 Å². The van der Waals surface area contributed by atoms with Crippen LogP contribution in [-0.2, 0) is 15.7 Å². The lowest BCUT2D eigenvalue weighted by atomic mass is 10.1. The van der Waals surface area contributed by atoms with E-state index < -0.39 is 8.25 Å². The van der Waals surface area contributed by atoms with Gasteiger partial charge in [-0.2, -0.15) is 0 Å². The van der Waals surface area contributed by atoms with Crippen LogP contribution in [0.4, 0.5) is 0 Å². The minimum Gasteiger partial charge on any atom is -0.295 e. The molecule has 4 nitrogen and oxygen atoms in total. The van der Waals surface area contributed by atoms with E-state index in [-0.39, 0.29) is 12.4 Å². The van der Waals surface area contributed by atoms with E-state index in [1.165, 1.54) is 6.92 Å². The maximum atomic E-state index is 10.9. The summed E-state index contributed by atoms with van der Waals surface area (Å²) in [5.41, 5.74) is 1.37. The van der Waals surface area contributed by atoms with Crippen molar-refractivity contribution in [1.29, 1.82) is 0 Å². The molecule has 0 aliphatic heterocycles. The number of ketones is 1. The smallest absolute Gasteiger partial charge is 0.295 e. The maximum Gasteiger partial charge on any atom is 0.695 e. The molecule has 0 aliphatic carbocycles. The summed E-state index contributed by atoms with van der Waals surface area (Å²) >= 11 is 0. The predicted molar refractivity (Wildman–Crippen MR) is 51.1 cm³/mol. The van der Waals surface area contributed by atoms with Gasteiger partial charge in [-0.3, -0.25) is 4.79 Å². The molecule has 74 valence electrons. The van der Waals surface area contributed by atoms with E-state index in [9.17, 15) is 9.36 Å². The molecule has 1 aromatic rings. The Morgan fingerprint density at radius 3 is 2.43 bits per heavy atom. The van der Waals surface area contributed by atoms with Crippen LogP contribution in [0.15, 0.2) is 24.3 Å². The van der Waals surface area contributed by atoms with E-state index >= 15 is 0 Å². The van der Waals surface area contributed by atoms with Crippen LogP contribution in [-0.4, -0.2) is 10.7 Å². The third-order valence-corrected chi connectivity index (χ3v) is 2.05. The Bertz CT molecular complexity index is 344. The summed E-state index contributed by atoms with van der Waals surface area (Å²) < 4.78 is 14.7. The van der Waals surface area contributed by atoms with Crippen molar-refractivity contribution >= 4 is 14.0 Å². The number of benzene rings is 1. The third-order valence-electron chi connectivity index (χ3n) is 1.70. The summed E-state index contributed by atoms with van der Waals surface area (Å²) in [4.78, 5) is 19.3. The molecule has 0 fully saturated rings. The molecule has 1 atom stereocenters. The largest absolute Gasteiger partial charge is 0.695 e. The van der Waals surface area contributed by atoms with Gasteiger partial charge in [-0.05, 0) is 12.5 Å². The first-order valence-electron chi connectivity index (χ1n) is 3.98. The summed E-state index contributed by atoms with van der Waals surface area (Å²) in [5.74, 6) is -0.00861. The second-order valence-electron chi connectivity index (χ2n) is 2.76. The number of carbonyl (C=O) groups is 1. The van der Waals surface area contributed by atoms with Crippen LogP contribution in [0.1, 0.15) is 22.8 Å². The van der Waals surface area contributed by atoms with Crippen molar-refractivity contribution in [2.24, 2.45) is 0 Å². The van der Waals surface area contributed by atoms with E-state index in [1.807, 2.05) is 0 Å². The van der Waals surface area contributed by atoms with E-state index in [1.54, 1.807) is 24.3 Å². The average Bonchev–Trinajstić information content (AvgIpc) is 2.15. The first kappa shape index (κ1) is 11.0. The topological polar surface area (TPSA) is 63.6 Å². The molecule has 0 aromatic heterocycles. The zero-order valence-corrected chi connectivity index (χ0v) is 8.53. The van der Waals surface area contributed by atoms with Gasteiger partial charge in [0.05, 0.1) is 0 Å². The Morgan fingerprint density at radius 1 is 1.43 bits per heavy atom. The lowest BCUT2D eigenvalue weighted by Gasteiger charge is -1.97. The highest BCUT2D eigenvalue weighted by Crippen LogP contribution is 2.18. The van der Waals surface area contributed by atoms with Crippen LogP contribution in [0, 0.1) is 0 Å². The van der Waals surface area contributed by atoms with Crippen LogP contribution >= 0.6 is 8.25 Å². The summed E-state index contributed by atoms with van der Waals surface area (Å²) in [7, 11) is -2.56. The van der Waals surface area contributed by atoms with Gasteiger partial charge in [0.1, 0.15) is 6.61 Å². The van der Waals surface area contributed by atoms with Gasteiger partial charge in [-0.15, -0.1) is 9.42 Å². The molecule has 14 heavy (non-hydrogen) atoms. The van der Waals surface area contributed by atoms with Gasteiger partial charge in [-0.25, -0.2) is 0 Å². The van der Waals surface area contributed by atoms with E-state index in [4.69, 9.17) is 4.89 Å². The van der Waals surface area contributed by atoms with Crippen molar-refractivity contribution in [3.8, 4) is 0 Å². The van der Waals surface area contributed by atoms with Gasteiger partial charge in [0.2, 0.25) is 0 Å². The molecule has 0 heterocycles. The van der Waals surface area contributed by atoms with Crippen LogP contribution in [0.2, 0.25) is 0 Å². The molecular weight excluding hydrogens is 203 g/mol. The molecule has 0 bridgehead atoms. The minimum atomic E-state index is -2.56. The lowest BCUT2D eigenvalue weighted by Crippen LogP contribution is -1.92. The van der Waals surface area contributed by atoms with Crippen molar-refractivity contribution in [2.75, 3.05) is 0 Å². The van der Waals surface area contributed by atoms with Crippen LogP contribution in [0.3, 0.4) is 0 Å². The molecule has 0 spiro atoms. The molecule has 0 amide bonds. The molecule has 0 saturated carbocycles. The van der Waals surface area contributed by atoms with Crippen molar-refractivity contribution in [2.45, 2.75) is 13.5 Å². The van der Waals surface area contributed by atoms with Gasteiger partial charge in [-0.1, -0.05) is 24.3 Å². The van der Waals surface area contributed by atoms with Gasteiger partial charge in [0.15, 0.2) is 5.78 Å². The number of Topliss-reactive ketones (excluding diaryl/α,β-unsaturated/α-hetero) is 1. The SMILES string of the molecule is CC(=O)c1ccc(CO[P+](=O)O)cc1. The Hall–Kier alpha value is -1.09. The molecule has 5 heteroatoms. The number of hydrogen-bond donors (Lipinski definition) is 1. The molecule has 0 aliphatic rings. The Labute approximate surface area is 82.5 Å². The minimum absolute atomic E-state index is 0.00861. The van der Waals surface area contributed by atoms with Crippen LogP contribution in [0.25, 0.3) is 0 Å². The Balaban J connectivity index is 2.64. The summed E-state index contributed by atoms with van der Waals surface area (Å²) in [6.45, 7) is 1.56. The normalized spacial score (nSPS) is 11.1. The molecular formula is C9H10O4P+. The molecule has 1 rings (SSSR count). The van der Waals surface area contributed by atoms with Crippen molar-refractivity contribution in [3.63, 3.8) is 0 Å². The molecule has 0 radical (unpaired) electrons. The summed E-state index contributed by atoms with van der Waals surface area (Å²) in [6.07, 6.45) is 0. The fourth-order valence-corrected chi connectivity index (χ4v) is 1.22. The Morgan fingerprint density at radius 2 is 2.00 bits per heavy atom. The van der Waals surface area contributed by atoms with Gasteiger partial charge < -0.3 is 0 Å². The number of hydrogen-bond acceptors (Lipinski definition) is 3. The van der Waals surface area contributed by atoms with E-state index in [2.05, 4.69) is 4.52 Å². The molecule has 1 aromatic carbocycles. The Kier molecular flexibility index (Phi) is 3.89. The first-order chi connectivity index (χ1) is 6.59. The second-order valence-corrected chi connectivity index (χ2v) is 3.50. The number of carbonyl (C=O) groups excluding carboxylic acids is 1. The van der Waals surface area contributed by atoms with Gasteiger partial charge in [0, 0.05) is 10.1 Å². The predicted octanol–water partition coefficient (Wildman–Crippen LogP) is 2.06. The van der Waals surface area contributed by atoms with Gasteiger partial charge >= 0.3 is 8.25 Å². The molecule has 0 saturated heterocycles. The fourth-order valence-electron chi connectivity index (χ4n) is 0.965. The van der Waals surface area contributed by atoms with E-state index in [0.717, 1.165) is 5.56 Å². The lowest BCUT2D eigenvalue weighted by molar-refractivity contribution is 0.101. The zero-order chi connectivity index (χ0) is 10.6. The van der Waals surface area contributed by atoms with Crippen molar-refractivity contribution < 1.29 is 18.8 Å². The number of rotatable bonds is 4. The zero-order valence-electron chi connectivity index (χ0n) is 7.64. The van der Waals surface area contributed by atoms with Crippen molar-refractivity contribution in [1.82, 2.24) is 0 Å². The van der Waals surface area contributed by atoms with Gasteiger partial charge in [0.25, 0.3) is 0 Å². The highest BCUT2D eigenvalue weighted by molar-refractivity contribution is 7.32. The highest BCUT2D eigenvalue weighted by Gasteiger charge is 2.11. The quantitative estimate of drug-likeness (QED) is 0.614. The third kappa shape index (κ3) is 3.34. The maximum absolute atomic E-state index is 10.9. The van der Waals surface area contributed by atoms with Crippen LogP contribution < -0.4 is 0 Å². The first-order valence-corrected chi connectivity index (χ1v) is 5.11. The highest BCUT2D eigenvalue weighted by atomic mass is 31.1. The second kappa shape index (κ2) is 4.96. The fraction of sp³-hybridized carbons (Fsp3) is 0.222. The summed E-state index contributed by atoms with van der Waals surface area (Å²) in [6, 6.07) is 6.70. The molecule has 1 N–H and O–H groups in total. The van der Waals surface area contributed by atoms with Crippen molar-refractivity contribution in [3.05, 3.63) is 35.4 Å². The standard InChI is InChI=1S/C9H9O4P/c1-7(10)9-4-2-8(3-5-9)6-13-14(11)12/h2-5H,6H2,1H3/p+1. The monoisotopic (exact) mass is 213 g/mol. The summed E-state index contributed by atoms with van der Waals surface area (Å²) in [5, 5.41) is 0. The molecule has 1 unspecified atom stereocenters.